The predicted molar refractivity (Wildman–Crippen MR) is 148 cm³/mol. The van der Waals surface area contributed by atoms with Crippen molar-refractivity contribution in [2.45, 2.75) is 0 Å². The summed E-state index contributed by atoms with van der Waals surface area (Å²) in [7, 11) is 3.83. The second-order valence-electron chi connectivity index (χ2n) is 9.05. The zero-order chi connectivity index (χ0) is 28.2. The maximum atomic E-state index is 15.1. The van der Waals surface area contributed by atoms with Gasteiger partial charge in [0.15, 0.2) is 11.6 Å². The van der Waals surface area contributed by atoms with Crippen LogP contribution in [0.25, 0.3) is 16.7 Å². The fraction of sp³-hybridized carbons (Fsp3) is 0.100. The molecule has 5 rings (SSSR count). The third-order valence-corrected chi connectivity index (χ3v) is 5.86. The van der Waals surface area contributed by atoms with Crippen LogP contribution in [-0.2, 0) is 0 Å². The number of rotatable bonds is 6. The standard InChI is InChI=1S/C30H23F2N5O3/c1-36(2)15-3-5-19-18-34-28-27(19)26(13-14-33-28)40-25-12-9-21(17-24(25)32)35-29(38)23-6-4-16-37(30(23)39)22-10-7-20(31)8-11-22/h4,6-14,16-18H,15H2,1-2H3,(H,33,34)(H,35,38). The van der Waals surface area contributed by atoms with Gasteiger partial charge in [-0.05, 0) is 68.7 Å². The first-order valence-corrected chi connectivity index (χ1v) is 12.2. The molecule has 8 nitrogen and oxygen atoms in total. The van der Waals surface area contributed by atoms with Crippen LogP contribution in [0.1, 0.15) is 15.9 Å². The van der Waals surface area contributed by atoms with Crippen molar-refractivity contribution in [1.82, 2.24) is 19.4 Å². The summed E-state index contributed by atoms with van der Waals surface area (Å²) in [5, 5.41) is 3.16. The van der Waals surface area contributed by atoms with E-state index in [2.05, 4.69) is 27.1 Å². The van der Waals surface area contributed by atoms with E-state index in [1.807, 2.05) is 19.0 Å². The zero-order valence-electron chi connectivity index (χ0n) is 21.5. The third-order valence-electron chi connectivity index (χ3n) is 5.86. The molecule has 0 spiro atoms. The van der Waals surface area contributed by atoms with Crippen molar-refractivity contribution >= 4 is 22.6 Å². The fourth-order valence-electron chi connectivity index (χ4n) is 3.95. The van der Waals surface area contributed by atoms with Crippen LogP contribution in [0, 0.1) is 23.5 Å². The monoisotopic (exact) mass is 539 g/mol. The highest BCUT2D eigenvalue weighted by Gasteiger charge is 2.16. The number of carbonyl (C=O) groups excluding carboxylic acids is 1. The summed E-state index contributed by atoms with van der Waals surface area (Å²) in [6.07, 6.45) is 4.73. The van der Waals surface area contributed by atoms with E-state index >= 15 is 4.39 Å². The van der Waals surface area contributed by atoms with Crippen LogP contribution in [0.2, 0.25) is 0 Å². The van der Waals surface area contributed by atoms with Crippen LogP contribution in [0.3, 0.4) is 0 Å². The summed E-state index contributed by atoms with van der Waals surface area (Å²) in [4.78, 5) is 35.1. The molecular weight excluding hydrogens is 516 g/mol. The Morgan fingerprint density at radius 3 is 2.65 bits per heavy atom. The number of hydrogen-bond donors (Lipinski definition) is 2. The Hall–Kier alpha value is -5.27. The summed E-state index contributed by atoms with van der Waals surface area (Å²) in [6, 6.07) is 13.7. The Morgan fingerprint density at radius 2 is 1.90 bits per heavy atom. The molecule has 0 saturated carbocycles. The van der Waals surface area contributed by atoms with Gasteiger partial charge in [0.2, 0.25) is 0 Å². The molecule has 0 aliphatic heterocycles. The van der Waals surface area contributed by atoms with E-state index in [9.17, 15) is 14.0 Å². The van der Waals surface area contributed by atoms with Gasteiger partial charge in [-0.2, -0.15) is 0 Å². The first-order chi connectivity index (χ1) is 19.3. The summed E-state index contributed by atoms with van der Waals surface area (Å²) in [5.41, 5.74) is 0.964. The number of benzene rings is 2. The largest absolute Gasteiger partial charge is 0.453 e. The molecule has 0 bridgehead atoms. The lowest BCUT2D eigenvalue weighted by atomic mass is 10.2. The summed E-state index contributed by atoms with van der Waals surface area (Å²) in [5.74, 6) is 4.53. The van der Waals surface area contributed by atoms with Gasteiger partial charge in [0.1, 0.15) is 22.8 Å². The molecule has 200 valence electrons. The number of hydrogen-bond acceptors (Lipinski definition) is 5. The highest BCUT2D eigenvalue weighted by Crippen LogP contribution is 2.33. The van der Waals surface area contributed by atoms with Gasteiger partial charge in [-0.25, -0.2) is 13.8 Å². The van der Waals surface area contributed by atoms with Crippen molar-refractivity contribution in [1.29, 1.82) is 0 Å². The molecule has 3 aromatic heterocycles. The normalized spacial score (nSPS) is 10.8. The minimum absolute atomic E-state index is 0.0720. The fourth-order valence-corrected chi connectivity index (χ4v) is 3.95. The highest BCUT2D eigenvalue weighted by molar-refractivity contribution is 6.04. The number of nitrogens with zero attached hydrogens (tertiary/aromatic N) is 3. The number of pyridine rings is 2. The first-order valence-electron chi connectivity index (χ1n) is 12.2. The molecule has 40 heavy (non-hydrogen) atoms. The quantitative estimate of drug-likeness (QED) is 0.298. The van der Waals surface area contributed by atoms with Crippen molar-refractivity contribution in [2.75, 3.05) is 26.0 Å². The molecule has 0 aliphatic rings. The van der Waals surface area contributed by atoms with Crippen molar-refractivity contribution in [3.63, 3.8) is 0 Å². The van der Waals surface area contributed by atoms with Gasteiger partial charge < -0.3 is 15.0 Å². The number of aromatic nitrogens is 3. The van der Waals surface area contributed by atoms with Crippen LogP contribution >= 0.6 is 0 Å². The number of aromatic amines is 1. The minimum Gasteiger partial charge on any atom is -0.453 e. The van der Waals surface area contributed by atoms with Crippen molar-refractivity contribution in [2.24, 2.45) is 0 Å². The Kier molecular flexibility index (Phi) is 7.39. The zero-order valence-corrected chi connectivity index (χ0v) is 21.5. The summed E-state index contributed by atoms with van der Waals surface area (Å²) < 4.78 is 35.5. The molecule has 0 saturated heterocycles. The number of amides is 1. The molecule has 2 aromatic carbocycles. The highest BCUT2D eigenvalue weighted by atomic mass is 19.1. The molecule has 10 heteroatoms. The molecule has 2 N–H and O–H groups in total. The minimum atomic E-state index is -0.727. The van der Waals surface area contributed by atoms with Gasteiger partial charge in [0.05, 0.1) is 17.5 Å². The molecule has 0 radical (unpaired) electrons. The first kappa shape index (κ1) is 26.3. The molecule has 3 heterocycles. The van der Waals surface area contributed by atoms with E-state index in [0.29, 0.717) is 34.6 Å². The Morgan fingerprint density at radius 1 is 1.10 bits per heavy atom. The number of ether oxygens (including phenoxy) is 1. The molecule has 0 atom stereocenters. The molecule has 0 unspecified atom stereocenters. The van der Waals surface area contributed by atoms with E-state index in [0.717, 1.165) is 6.07 Å². The van der Waals surface area contributed by atoms with Crippen LogP contribution in [-0.4, -0.2) is 46.0 Å². The van der Waals surface area contributed by atoms with E-state index in [1.165, 1.54) is 65.5 Å². The summed E-state index contributed by atoms with van der Waals surface area (Å²) >= 11 is 0. The number of nitrogens with one attached hydrogen (secondary N) is 2. The summed E-state index contributed by atoms with van der Waals surface area (Å²) in [6.45, 7) is 0.563. The van der Waals surface area contributed by atoms with Crippen molar-refractivity contribution in [3.05, 3.63) is 112 Å². The van der Waals surface area contributed by atoms with Crippen molar-refractivity contribution < 1.29 is 18.3 Å². The van der Waals surface area contributed by atoms with Crippen LogP contribution in [0.15, 0.2) is 84.0 Å². The third kappa shape index (κ3) is 5.60. The number of halogens is 2. The average Bonchev–Trinajstić information content (AvgIpc) is 3.34. The molecule has 0 fully saturated rings. The van der Waals surface area contributed by atoms with Crippen LogP contribution in [0.4, 0.5) is 14.5 Å². The second kappa shape index (κ2) is 11.2. The predicted octanol–water partition coefficient (Wildman–Crippen LogP) is 4.95. The Bertz CT molecular complexity index is 1830. The van der Waals surface area contributed by atoms with E-state index in [4.69, 9.17) is 4.74 Å². The van der Waals surface area contributed by atoms with Gasteiger partial charge in [0.25, 0.3) is 11.5 Å². The van der Waals surface area contributed by atoms with Gasteiger partial charge >= 0.3 is 0 Å². The lowest BCUT2D eigenvalue weighted by molar-refractivity contribution is 0.102. The van der Waals surface area contributed by atoms with E-state index in [1.54, 1.807) is 12.3 Å². The van der Waals surface area contributed by atoms with E-state index in [-0.39, 0.29) is 17.0 Å². The molecule has 5 aromatic rings. The van der Waals surface area contributed by atoms with Crippen LogP contribution in [0.5, 0.6) is 11.5 Å². The topological polar surface area (TPSA) is 92.2 Å². The maximum Gasteiger partial charge on any atom is 0.267 e. The Balaban J connectivity index is 1.36. The Labute approximate surface area is 227 Å². The lowest BCUT2D eigenvalue weighted by Crippen LogP contribution is -2.27. The number of fused-ring (bicyclic) bond motifs is 1. The SMILES string of the molecule is CN(C)CC#Cc1c[nH]c2nccc(Oc3ccc(NC(=O)c4cccn(-c5ccc(F)cc5)c4=O)cc3F)c12. The number of carbonyl (C=O) groups is 1. The number of H-pyrrole nitrogens is 1. The maximum absolute atomic E-state index is 15.1. The molecule has 1 amide bonds. The lowest BCUT2D eigenvalue weighted by Gasteiger charge is -2.11. The van der Waals surface area contributed by atoms with Gasteiger partial charge in [-0.15, -0.1) is 0 Å². The number of anilines is 1. The van der Waals surface area contributed by atoms with Gasteiger partial charge in [0, 0.05) is 36.0 Å². The van der Waals surface area contributed by atoms with Gasteiger partial charge in [-0.1, -0.05) is 11.8 Å². The smallest absolute Gasteiger partial charge is 0.267 e. The van der Waals surface area contributed by atoms with Crippen LogP contribution < -0.4 is 15.6 Å². The molecular formula is C30H23F2N5O3. The average molecular weight is 540 g/mol. The van der Waals surface area contributed by atoms with Crippen molar-refractivity contribution in [3.8, 4) is 29.0 Å². The van der Waals surface area contributed by atoms with Gasteiger partial charge in [-0.3, -0.25) is 19.1 Å². The van der Waals surface area contributed by atoms with E-state index < -0.39 is 23.1 Å². The second-order valence-corrected chi connectivity index (χ2v) is 9.05. The molecule has 0 aliphatic carbocycles.